The first-order chi connectivity index (χ1) is 12.9. The number of fused-ring (bicyclic) bond motifs is 1. The van der Waals surface area contributed by atoms with Gasteiger partial charge in [-0.3, -0.25) is 4.79 Å². The molecule has 1 amide bonds. The summed E-state index contributed by atoms with van der Waals surface area (Å²) in [7, 11) is 1.85. The maximum Gasteiger partial charge on any atom is 0.246 e. The largest absolute Gasteiger partial charge is 0.489 e. The molecule has 8 nitrogen and oxygen atoms in total. The molecule has 0 unspecified atom stereocenters. The van der Waals surface area contributed by atoms with Gasteiger partial charge in [-0.25, -0.2) is 9.97 Å². The van der Waals surface area contributed by atoms with Gasteiger partial charge in [-0.15, -0.1) is 0 Å². The van der Waals surface area contributed by atoms with Crippen molar-refractivity contribution in [3.05, 3.63) is 30.0 Å². The molecular weight excluding hydrogens is 351 g/mol. The second kappa shape index (κ2) is 6.64. The Morgan fingerprint density at radius 1 is 1.33 bits per heavy atom. The van der Waals surface area contributed by atoms with E-state index in [2.05, 4.69) is 25.6 Å². The molecule has 1 saturated carbocycles. The van der Waals surface area contributed by atoms with E-state index in [1.807, 2.05) is 25.8 Å². The molecule has 2 aromatic heterocycles. The lowest BCUT2D eigenvalue weighted by Crippen LogP contribution is -2.45. The van der Waals surface area contributed by atoms with Gasteiger partial charge >= 0.3 is 0 Å². The summed E-state index contributed by atoms with van der Waals surface area (Å²) in [6, 6.07) is 2.76. The number of hydrogen-bond acceptors (Lipinski definition) is 7. The van der Waals surface area contributed by atoms with Gasteiger partial charge in [0.1, 0.15) is 23.6 Å². The number of aromatic nitrogens is 3. The number of anilines is 3. The molecule has 0 radical (unpaired) electrons. The van der Waals surface area contributed by atoms with Crippen molar-refractivity contribution in [1.82, 2.24) is 15.0 Å². The lowest BCUT2D eigenvalue weighted by Gasteiger charge is -2.36. The van der Waals surface area contributed by atoms with Crippen LogP contribution in [-0.4, -0.2) is 46.1 Å². The van der Waals surface area contributed by atoms with E-state index in [4.69, 9.17) is 4.74 Å². The number of nitrogens with zero attached hydrogens (tertiary/aromatic N) is 4. The van der Waals surface area contributed by atoms with Crippen LogP contribution in [0.2, 0.25) is 0 Å². The molecule has 1 aliphatic carbocycles. The zero-order valence-corrected chi connectivity index (χ0v) is 15.4. The zero-order chi connectivity index (χ0) is 19.1. The van der Waals surface area contributed by atoms with E-state index in [1.54, 1.807) is 6.07 Å². The monoisotopic (exact) mass is 372 g/mol. The molecule has 1 fully saturated rings. The fourth-order valence-electron chi connectivity index (χ4n) is 3.20. The average Bonchev–Trinajstić information content (AvgIpc) is 2.61. The topological polar surface area (TPSA) is 92.3 Å². The van der Waals surface area contributed by atoms with Crippen molar-refractivity contribution in [2.45, 2.75) is 44.9 Å². The fourth-order valence-corrected chi connectivity index (χ4v) is 3.20. The van der Waals surface area contributed by atoms with E-state index in [0.717, 1.165) is 18.5 Å². The lowest BCUT2D eigenvalue weighted by molar-refractivity contribution is -0.117. The third-order valence-electron chi connectivity index (χ3n) is 5.04. The van der Waals surface area contributed by atoms with Gasteiger partial charge in [-0.1, -0.05) is 0 Å². The molecular formula is C18H21FN6O2. The van der Waals surface area contributed by atoms with E-state index in [1.165, 1.54) is 12.3 Å². The van der Waals surface area contributed by atoms with Gasteiger partial charge in [-0.2, -0.15) is 9.37 Å². The third kappa shape index (κ3) is 3.36. The number of hydrogen-bond donors (Lipinski definition) is 2. The third-order valence-corrected chi connectivity index (χ3v) is 5.04. The summed E-state index contributed by atoms with van der Waals surface area (Å²) in [5, 5.41) is 6.19. The lowest BCUT2D eigenvalue weighted by atomic mass is 9.89. The fraction of sp³-hybridized carbons (Fsp3) is 0.444. The molecule has 4 rings (SSSR count). The van der Waals surface area contributed by atoms with Gasteiger partial charge in [0.15, 0.2) is 5.82 Å². The van der Waals surface area contributed by atoms with Crippen molar-refractivity contribution in [3.8, 4) is 5.75 Å². The van der Waals surface area contributed by atoms with Crippen molar-refractivity contribution in [3.63, 3.8) is 0 Å². The van der Waals surface area contributed by atoms with Crippen molar-refractivity contribution in [1.29, 1.82) is 0 Å². The Kier molecular flexibility index (Phi) is 4.29. The first-order valence-electron chi connectivity index (χ1n) is 8.88. The van der Waals surface area contributed by atoms with E-state index in [9.17, 15) is 9.18 Å². The molecule has 2 aromatic rings. The minimum atomic E-state index is -0.522. The molecule has 9 heteroatoms. The Labute approximate surface area is 156 Å². The molecule has 2 aliphatic rings. The van der Waals surface area contributed by atoms with E-state index in [-0.39, 0.29) is 24.1 Å². The highest BCUT2D eigenvalue weighted by Crippen LogP contribution is 2.33. The minimum absolute atomic E-state index is 0.0514. The molecule has 0 saturated heterocycles. The Morgan fingerprint density at radius 3 is 2.81 bits per heavy atom. The molecule has 0 aromatic carbocycles. The second-order valence-electron chi connectivity index (χ2n) is 6.98. The summed E-state index contributed by atoms with van der Waals surface area (Å²) < 4.78 is 18.6. The highest BCUT2D eigenvalue weighted by molar-refractivity contribution is 6.03. The summed E-state index contributed by atoms with van der Waals surface area (Å²) in [5.41, 5.74) is 1.38. The van der Waals surface area contributed by atoms with Crippen LogP contribution in [-0.2, 0) is 4.79 Å². The Bertz CT molecular complexity index is 869. The number of likely N-dealkylation sites (N-methyl/N-ethyl adjacent to an activating group) is 1. The van der Waals surface area contributed by atoms with Crippen LogP contribution in [0.25, 0.3) is 0 Å². The van der Waals surface area contributed by atoms with Crippen LogP contribution < -0.4 is 20.3 Å². The number of carbonyl (C=O) groups excluding carboxylic acids is 1. The normalized spacial score (nSPS) is 23.9. The molecule has 142 valence electrons. The first kappa shape index (κ1) is 17.4. The van der Waals surface area contributed by atoms with E-state index in [0.29, 0.717) is 23.2 Å². The second-order valence-corrected chi connectivity index (χ2v) is 6.98. The van der Waals surface area contributed by atoms with Gasteiger partial charge in [0, 0.05) is 25.9 Å². The number of aryl methyl sites for hydroxylation is 1. The first-order valence-corrected chi connectivity index (χ1v) is 8.88. The number of pyridine rings is 1. The minimum Gasteiger partial charge on any atom is -0.489 e. The van der Waals surface area contributed by atoms with Crippen LogP contribution in [0.15, 0.2) is 18.3 Å². The Balaban J connectivity index is 1.39. The highest BCUT2D eigenvalue weighted by Gasteiger charge is 2.33. The summed E-state index contributed by atoms with van der Waals surface area (Å²) >= 11 is 0. The maximum atomic E-state index is 12.8. The van der Waals surface area contributed by atoms with E-state index >= 15 is 0 Å². The molecule has 0 bridgehead atoms. The SMILES string of the molecule is Cc1nc(N[C@H]2C[C@H](Oc3ccc(F)nc3)C2)nc2c1NC(=O)[C@H](C)N2C. The number of halogens is 1. The molecule has 2 N–H and O–H groups in total. The average molecular weight is 372 g/mol. The standard InChI is InChI=1S/C18H21FN6O2/c1-9-15-16(25(3)10(2)17(26)23-15)24-18(21-9)22-11-6-13(7-11)27-12-4-5-14(19)20-8-12/h4-5,8,10-11,13H,6-7H2,1-3H3,(H,23,26)(H,21,22,24)/t10-,11-,13-/m0/s1. The van der Waals surface area contributed by atoms with Gasteiger partial charge in [-0.05, 0) is 26.0 Å². The number of amides is 1. The van der Waals surface area contributed by atoms with Crippen LogP contribution >= 0.6 is 0 Å². The summed E-state index contributed by atoms with van der Waals surface area (Å²) in [6.07, 6.45) is 3.02. The number of rotatable bonds is 4. The van der Waals surface area contributed by atoms with Gasteiger partial charge in [0.05, 0.1) is 11.9 Å². The van der Waals surface area contributed by atoms with Crippen molar-refractivity contribution in [2.75, 3.05) is 22.6 Å². The Hall–Kier alpha value is -2.97. The summed E-state index contributed by atoms with van der Waals surface area (Å²) in [5.74, 6) is 1.22. The molecule has 0 spiro atoms. The maximum absolute atomic E-state index is 12.8. The van der Waals surface area contributed by atoms with Crippen molar-refractivity contribution >= 4 is 23.4 Å². The van der Waals surface area contributed by atoms with Crippen molar-refractivity contribution in [2.24, 2.45) is 0 Å². The predicted octanol–water partition coefficient (Wildman–Crippen LogP) is 2.12. The van der Waals surface area contributed by atoms with Crippen LogP contribution in [0.5, 0.6) is 5.75 Å². The smallest absolute Gasteiger partial charge is 0.246 e. The number of carbonyl (C=O) groups is 1. The van der Waals surface area contributed by atoms with Gasteiger partial charge in [0.25, 0.3) is 0 Å². The summed E-state index contributed by atoms with van der Waals surface area (Å²) in [6.45, 7) is 3.69. The van der Waals surface area contributed by atoms with Crippen LogP contribution in [0, 0.1) is 12.9 Å². The highest BCUT2D eigenvalue weighted by atomic mass is 19.1. The molecule has 27 heavy (non-hydrogen) atoms. The predicted molar refractivity (Wildman–Crippen MR) is 98.5 cm³/mol. The van der Waals surface area contributed by atoms with E-state index < -0.39 is 5.95 Å². The molecule has 3 heterocycles. The van der Waals surface area contributed by atoms with Crippen LogP contribution in [0.4, 0.5) is 21.8 Å². The number of nitrogens with one attached hydrogen (secondary N) is 2. The van der Waals surface area contributed by atoms with Crippen LogP contribution in [0.3, 0.4) is 0 Å². The summed E-state index contributed by atoms with van der Waals surface area (Å²) in [4.78, 5) is 26.5. The molecule has 1 aliphatic heterocycles. The molecule has 1 atom stereocenters. The van der Waals surface area contributed by atoms with Gasteiger partial charge in [0.2, 0.25) is 17.8 Å². The van der Waals surface area contributed by atoms with Crippen LogP contribution in [0.1, 0.15) is 25.5 Å². The zero-order valence-electron chi connectivity index (χ0n) is 15.4. The Morgan fingerprint density at radius 2 is 2.11 bits per heavy atom. The van der Waals surface area contributed by atoms with Gasteiger partial charge < -0.3 is 20.3 Å². The van der Waals surface area contributed by atoms with Crippen molar-refractivity contribution < 1.29 is 13.9 Å². The number of ether oxygens (including phenoxy) is 1. The quantitative estimate of drug-likeness (QED) is 0.794.